The van der Waals surface area contributed by atoms with Crippen molar-refractivity contribution >= 4 is 63.5 Å². The van der Waals surface area contributed by atoms with Crippen molar-refractivity contribution in [3.63, 3.8) is 0 Å². The second-order valence-electron chi connectivity index (χ2n) is 4.41. The minimum Gasteiger partial charge on any atom is -0.455 e. The molecule has 0 heterocycles. The van der Waals surface area contributed by atoms with Crippen LogP contribution in [0.25, 0.3) is 0 Å². The van der Waals surface area contributed by atoms with Crippen molar-refractivity contribution in [2.75, 3.05) is 17.7 Å². The van der Waals surface area contributed by atoms with Gasteiger partial charge in [0.05, 0.1) is 16.5 Å². The second-order valence-corrected chi connectivity index (χ2v) is 6.99. The summed E-state index contributed by atoms with van der Waals surface area (Å²) >= 11 is 9.40. The van der Waals surface area contributed by atoms with Crippen molar-refractivity contribution in [2.45, 2.75) is 4.90 Å². The van der Waals surface area contributed by atoms with E-state index >= 15 is 0 Å². The van der Waals surface area contributed by atoms with Crippen LogP contribution < -0.4 is 5.32 Å². The molecule has 2 rings (SSSR count). The van der Waals surface area contributed by atoms with Crippen LogP contribution in [0.2, 0.25) is 5.02 Å². The third-order valence-corrected chi connectivity index (χ3v) is 5.12. The molecule has 0 aliphatic carbocycles. The Bertz CT molecular complexity index is 711. The van der Waals surface area contributed by atoms with Crippen LogP contribution in [0.3, 0.4) is 0 Å². The molecule has 4 nitrogen and oxygen atoms in total. The Hall–Kier alpha value is -1.25. The molecule has 0 unspecified atom stereocenters. The number of carbonyl (C=O) groups excluding carboxylic acids is 2. The number of nitrogens with one attached hydrogen (secondary N) is 1. The number of ether oxygens (including phenoxy) is 1. The standard InChI is InChI=1S/C16H13ClINO3S/c17-11-5-1-4-8-14(11)23-10-16(21)22-9-15(20)19-13-7-3-2-6-12(13)18/h1-8H,9-10H2,(H,19,20). The number of halogens is 2. The summed E-state index contributed by atoms with van der Waals surface area (Å²) in [7, 11) is 0. The van der Waals surface area contributed by atoms with E-state index in [9.17, 15) is 9.59 Å². The molecule has 0 aromatic heterocycles. The number of benzene rings is 2. The molecule has 0 radical (unpaired) electrons. The summed E-state index contributed by atoms with van der Waals surface area (Å²) in [6.45, 7) is -0.313. The number of thioether (sulfide) groups is 1. The molecule has 0 spiro atoms. The van der Waals surface area contributed by atoms with Gasteiger partial charge in [-0.05, 0) is 46.9 Å². The van der Waals surface area contributed by atoms with Gasteiger partial charge >= 0.3 is 5.97 Å². The summed E-state index contributed by atoms with van der Waals surface area (Å²) in [4.78, 5) is 24.3. The number of esters is 1. The maximum absolute atomic E-state index is 11.8. The van der Waals surface area contributed by atoms with E-state index in [1.807, 2.05) is 36.4 Å². The van der Waals surface area contributed by atoms with E-state index < -0.39 is 5.97 Å². The number of hydrogen-bond acceptors (Lipinski definition) is 4. The van der Waals surface area contributed by atoms with Crippen molar-refractivity contribution < 1.29 is 14.3 Å². The van der Waals surface area contributed by atoms with Crippen LogP contribution in [0, 0.1) is 3.57 Å². The molecule has 0 atom stereocenters. The molecular formula is C16H13ClINO3S. The summed E-state index contributed by atoms with van der Waals surface area (Å²) in [5.41, 5.74) is 0.694. The number of hydrogen-bond donors (Lipinski definition) is 1. The van der Waals surface area contributed by atoms with E-state index in [1.165, 1.54) is 11.8 Å². The third-order valence-electron chi connectivity index (χ3n) is 2.69. The Morgan fingerprint density at radius 3 is 2.57 bits per heavy atom. The van der Waals surface area contributed by atoms with Crippen molar-refractivity contribution in [1.29, 1.82) is 0 Å². The van der Waals surface area contributed by atoms with Gasteiger partial charge in [0.2, 0.25) is 0 Å². The van der Waals surface area contributed by atoms with Crippen LogP contribution in [0.4, 0.5) is 5.69 Å². The Morgan fingerprint density at radius 2 is 1.83 bits per heavy atom. The molecular weight excluding hydrogens is 449 g/mol. The first-order valence-corrected chi connectivity index (χ1v) is 9.08. The van der Waals surface area contributed by atoms with Gasteiger partial charge in [-0.25, -0.2) is 0 Å². The molecule has 0 aliphatic rings. The predicted molar refractivity (Wildman–Crippen MR) is 101 cm³/mol. The number of amides is 1. The molecule has 120 valence electrons. The summed E-state index contributed by atoms with van der Waals surface area (Å²) in [5.74, 6) is -0.738. The highest BCUT2D eigenvalue weighted by Gasteiger charge is 2.10. The second kappa shape index (κ2) is 9.14. The Morgan fingerprint density at radius 1 is 1.13 bits per heavy atom. The lowest BCUT2D eigenvalue weighted by atomic mass is 10.3. The van der Waals surface area contributed by atoms with Gasteiger partial charge in [0.15, 0.2) is 6.61 Å². The lowest BCUT2D eigenvalue weighted by Gasteiger charge is -2.08. The largest absolute Gasteiger partial charge is 0.455 e. The minimum atomic E-state index is -0.465. The molecule has 2 aromatic carbocycles. The lowest BCUT2D eigenvalue weighted by Crippen LogP contribution is -2.22. The fourth-order valence-electron chi connectivity index (χ4n) is 1.64. The smallest absolute Gasteiger partial charge is 0.316 e. The summed E-state index contributed by atoms with van der Waals surface area (Å²) in [5, 5.41) is 3.28. The average molecular weight is 462 g/mol. The normalized spacial score (nSPS) is 10.2. The van der Waals surface area contributed by atoms with Gasteiger partial charge in [0, 0.05) is 8.47 Å². The molecule has 0 aliphatic heterocycles. The zero-order chi connectivity index (χ0) is 16.7. The molecule has 0 bridgehead atoms. The van der Waals surface area contributed by atoms with Gasteiger partial charge in [0.1, 0.15) is 0 Å². The van der Waals surface area contributed by atoms with Crippen LogP contribution in [-0.2, 0) is 14.3 Å². The van der Waals surface area contributed by atoms with Crippen LogP contribution >= 0.6 is 46.0 Å². The maximum atomic E-state index is 11.8. The quantitative estimate of drug-likeness (QED) is 0.398. The molecule has 1 N–H and O–H groups in total. The molecule has 7 heteroatoms. The highest BCUT2D eigenvalue weighted by atomic mass is 127. The summed E-state index contributed by atoms with van der Waals surface area (Å²) in [6, 6.07) is 14.6. The van der Waals surface area contributed by atoms with E-state index in [0.29, 0.717) is 10.7 Å². The van der Waals surface area contributed by atoms with Crippen molar-refractivity contribution in [2.24, 2.45) is 0 Å². The number of carbonyl (C=O) groups is 2. The van der Waals surface area contributed by atoms with Crippen LogP contribution in [0.5, 0.6) is 0 Å². The number of para-hydroxylation sites is 1. The maximum Gasteiger partial charge on any atom is 0.316 e. The van der Waals surface area contributed by atoms with Crippen molar-refractivity contribution in [1.82, 2.24) is 0 Å². The first kappa shape index (κ1) is 18.1. The lowest BCUT2D eigenvalue weighted by molar-refractivity contribution is -0.144. The molecule has 0 saturated heterocycles. The summed E-state index contributed by atoms with van der Waals surface area (Å²) in [6.07, 6.45) is 0. The minimum absolute atomic E-state index is 0.0971. The van der Waals surface area contributed by atoms with Gasteiger partial charge in [-0.15, -0.1) is 11.8 Å². The average Bonchev–Trinajstić information content (AvgIpc) is 2.54. The number of anilines is 1. The van der Waals surface area contributed by atoms with Gasteiger partial charge in [0.25, 0.3) is 5.91 Å². The van der Waals surface area contributed by atoms with E-state index in [4.69, 9.17) is 16.3 Å². The highest BCUT2D eigenvalue weighted by molar-refractivity contribution is 14.1. The van der Waals surface area contributed by atoms with E-state index in [1.54, 1.807) is 12.1 Å². The van der Waals surface area contributed by atoms with Crippen molar-refractivity contribution in [3.05, 3.63) is 57.1 Å². The first-order valence-electron chi connectivity index (χ1n) is 6.63. The third kappa shape index (κ3) is 6.04. The van der Waals surface area contributed by atoms with E-state index in [0.717, 1.165) is 8.47 Å². The first-order chi connectivity index (χ1) is 11.1. The predicted octanol–water partition coefficient (Wildman–Crippen LogP) is 4.22. The van der Waals surface area contributed by atoms with Crippen molar-refractivity contribution in [3.8, 4) is 0 Å². The molecule has 0 saturated carbocycles. The zero-order valence-corrected chi connectivity index (χ0v) is 15.7. The van der Waals surface area contributed by atoms with Crippen LogP contribution in [0.1, 0.15) is 0 Å². The fraction of sp³-hybridized carbons (Fsp3) is 0.125. The highest BCUT2D eigenvalue weighted by Crippen LogP contribution is 2.26. The van der Waals surface area contributed by atoms with Gasteiger partial charge in [-0.1, -0.05) is 35.9 Å². The molecule has 2 aromatic rings. The molecule has 0 fully saturated rings. The molecule has 1 amide bonds. The SMILES string of the molecule is O=C(COC(=O)CSc1ccccc1Cl)Nc1ccccc1I. The van der Waals surface area contributed by atoms with Gasteiger partial charge in [-0.3, -0.25) is 9.59 Å². The van der Waals surface area contributed by atoms with Gasteiger partial charge in [-0.2, -0.15) is 0 Å². The van der Waals surface area contributed by atoms with E-state index in [2.05, 4.69) is 27.9 Å². The monoisotopic (exact) mass is 461 g/mol. The Balaban J connectivity index is 1.75. The van der Waals surface area contributed by atoms with E-state index in [-0.39, 0.29) is 18.3 Å². The van der Waals surface area contributed by atoms with Crippen LogP contribution in [-0.4, -0.2) is 24.2 Å². The zero-order valence-electron chi connectivity index (χ0n) is 11.9. The summed E-state index contributed by atoms with van der Waals surface area (Å²) < 4.78 is 5.88. The molecule has 23 heavy (non-hydrogen) atoms. The van der Waals surface area contributed by atoms with Crippen LogP contribution in [0.15, 0.2) is 53.4 Å². The fourth-order valence-corrected chi connectivity index (χ4v) is 3.19. The number of rotatable bonds is 6. The van der Waals surface area contributed by atoms with Gasteiger partial charge < -0.3 is 10.1 Å². The Labute approximate surface area is 157 Å². The Kier molecular flexibility index (Phi) is 7.19. The topological polar surface area (TPSA) is 55.4 Å².